The Morgan fingerprint density at radius 1 is 1.37 bits per heavy atom. The number of carbonyl (C=O) groups is 1. The van der Waals surface area contributed by atoms with E-state index >= 15 is 0 Å². The van der Waals surface area contributed by atoms with Crippen molar-refractivity contribution in [3.8, 4) is 0 Å². The lowest BCUT2D eigenvalue weighted by Crippen LogP contribution is -2.52. The highest BCUT2D eigenvalue weighted by Gasteiger charge is 2.51. The second kappa shape index (κ2) is 7.17. The molecule has 1 saturated carbocycles. The number of carbonyl (C=O) groups excluding carboxylic acids is 1. The number of rotatable bonds is 6. The molecule has 0 aromatic carbocycles. The van der Waals surface area contributed by atoms with E-state index in [9.17, 15) is 18.7 Å². The number of hydrogen-bond acceptors (Lipinski definition) is 3. The normalized spacial score (nSPS) is 22.0. The summed E-state index contributed by atoms with van der Waals surface area (Å²) < 4.78 is 31.0. The van der Waals surface area contributed by atoms with Crippen LogP contribution < -0.4 is 0 Å². The molecule has 0 heterocycles. The fraction of sp³-hybridized carbons (Fsp3) is 0.929. The number of alkyl halides is 2. The molecule has 3 nitrogen and oxygen atoms in total. The summed E-state index contributed by atoms with van der Waals surface area (Å²) in [6, 6.07) is 0. The zero-order valence-electron chi connectivity index (χ0n) is 11.7. The number of hydrogen-bond donors (Lipinski definition) is 1. The quantitative estimate of drug-likeness (QED) is 0.759. The third-order valence-electron chi connectivity index (χ3n) is 4.21. The van der Waals surface area contributed by atoms with Crippen molar-refractivity contribution >= 4 is 5.97 Å². The SMILES string of the molecule is CCCC(O)(C1CCCCC1)C(C(=O)OC)C(F)F. The summed E-state index contributed by atoms with van der Waals surface area (Å²) in [5, 5.41) is 10.8. The maximum Gasteiger partial charge on any atom is 0.317 e. The minimum atomic E-state index is -2.90. The molecular weight excluding hydrogens is 254 g/mol. The Morgan fingerprint density at radius 2 is 1.95 bits per heavy atom. The summed E-state index contributed by atoms with van der Waals surface area (Å²) in [6.07, 6.45) is 2.20. The van der Waals surface area contributed by atoms with Crippen molar-refractivity contribution in [3.05, 3.63) is 0 Å². The molecule has 0 aromatic rings. The van der Waals surface area contributed by atoms with Crippen molar-refractivity contribution in [3.63, 3.8) is 0 Å². The Hall–Kier alpha value is -0.710. The Kier molecular flexibility index (Phi) is 6.17. The van der Waals surface area contributed by atoms with Crippen LogP contribution in [0.5, 0.6) is 0 Å². The maximum absolute atomic E-state index is 13.2. The molecule has 0 radical (unpaired) electrons. The van der Waals surface area contributed by atoms with Gasteiger partial charge in [-0.25, -0.2) is 8.78 Å². The minimum absolute atomic E-state index is 0.210. The monoisotopic (exact) mass is 278 g/mol. The summed E-state index contributed by atoms with van der Waals surface area (Å²) in [5.74, 6) is -2.98. The fourth-order valence-electron chi connectivity index (χ4n) is 3.27. The zero-order chi connectivity index (χ0) is 14.5. The first-order valence-electron chi connectivity index (χ1n) is 7.05. The summed E-state index contributed by atoms with van der Waals surface area (Å²) in [5.41, 5.74) is -1.64. The molecule has 0 saturated heterocycles. The van der Waals surface area contributed by atoms with Crippen LogP contribution in [0.25, 0.3) is 0 Å². The van der Waals surface area contributed by atoms with Crippen LogP contribution in [-0.4, -0.2) is 30.2 Å². The van der Waals surface area contributed by atoms with Crippen LogP contribution >= 0.6 is 0 Å². The van der Waals surface area contributed by atoms with Crippen molar-refractivity contribution in [1.82, 2.24) is 0 Å². The Balaban J connectivity index is 3.01. The van der Waals surface area contributed by atoms with Crippen molar-refractivity contribution in [2.24, 2.45) is 11.8 Å². The van der Waals surface area contributed by atoms with Crippen LogP contribution in [0.15, 0.2) is 0 Å². The lowest BCUT2D eigenvalue weighted by molar-refractivity contribution is -0.179. The predicted octanol–water partition coefficient (Wildman–Crippen LogP) is 3.15. The van der Waals surface area contributed by atoms with Crippen molar-refractivity contribution in [2.75, 3.05) is 7.11 Å². The average Bonchev–Trinajstić information content (AvgIpc) is 2.39. The van der Waals surface area contributed by atoms with Gasteiger partial charge >= 0.3 is 5.97 Å². The molecule has 112 valence electrons. The first-order chi connectivity index (χ1) is 8.97. The van der Waals surface area contributed by atoms with E-state index in [0.717, 1.165) is 26.4 Å². The van der Waals surface area contributed by atoms with E-state index in [1.54, 1.807) is 0 Å². The van der Waals surface area contributed by atoms with E-state index in [4.69, 9.17) is 0 Å². The maximum atomic E-state index is 13.2. The fourth-order valence-corrected chi connectivity index (χ4v) is 3.27. The van der Waals surface area contributed by atoms with Gasteiger partial charge in [-0.2, -0.15) is 0 Å². The number of esters is 1. The molecule has 2 atom stereocenters. The van der Waals surface area contributed by atoms with Crippen molar-refractivity contribution in [2.45, 2.75) is 63.9 Å². The van der Waals surface area contributed by atoms with Gasteiger partial charge in [0.25, 0.3) is 6.43 Å². The van der Waals surface area contributed by atoms with E-state index in [0.29, 0.717) is 19.3 Å². The Labute approximate surface area is 113 Å². The highest BCUT2D eigenvalue weighted by Crippen LogP contribution is 2.42. The molecule has 0 bridgehead atoms. The molecule has 5 heteroatoms. The highest BCUT2D eigenvalue weighted by molar-refractivity contribution is 5.74. The largest absolute Gasteiger partial charge is 0.469 e. The molecule has 19 heavy (non-hydrogen) atoms. The van der Waals surface area contributed by atoms with E-state index < -0.39 is 23.9 Å². The van der Waals surface area contributed by atoms with Gasteiger partial charge in [0.1, 0.15) is 5.92 Å². The molecule has 1 aliphatic rings. The van der Waals surface area contributed by atoms with Gasteiger partial charge in [0.2, 0.25) is 0 Å². The third-order valence-corrected chi connectivity index (χ3v) is 4.21. The molecule has 0 aliphatic heterocycles. The number of halogens is 2. The second-order valence-electron chi connectivity index (χ2n) is 5.41. The van der Waals surface area contributed by atoms with Crippen molar-refractivity contribution in [1.29, 1.82) is 0 Å². The molecule has 1 fully saturated rings. The summed E-state index contributed by atoms with van der Waals surface area (Å²) >= 11 is 0. The average molecular weight is 278 g/mol. The first kappa shape index (κ1) is 16.3. The van der Waals surface area contributed by atoms with Crippen LogP contribution in [-0.2, 0) is 9.53 Å². The first-order valence-corrected chi connectivity index (χ1v) is 7.05. The number of aliphatic hydroxyl groups is 1. The van der Waals surface area contributed by atoms with Gasteiger partial charge in [-0.1, -0.05) is 32.6 Å². The van der Waals surface area contributed by atoms with Crippen LogP contribution in [0.4, 0.5) is 8.78 Å². The van der Waals surface area contributed by atoms with Crippen LogP contribution in [0.2, 0.25) is 0 Å². The number of methoxy groups -OCH3 is 1. The van der Waals surface area contributed by atoms with Crippen LogP contribution in [0.3, 0.4) is 0 Å². The van der Waals surface area contributed by atoms with Gasteiger partial charge in [-0.3, -0.25) is 4.79 Å². The highest BCUT2D eigenvalue weighted by atomic mass is 19.3. The molecule has 0 spiro atoms. The summed E-state index contributed by atoms with van der Waals surface area (Å²) in [6.45, 7) is 1.83. The van der Waals surface area contributed by atoms with Gasteiger partial charge in [-0.15, -0.1) is 0 Å². The Bertz CT molecular complexity index is 290. The third kappa shape index (κ3) is 3.65. The number of ether oxygens (including phenoxy) is 1. The molecule has 0 aromatic heterocycles. The van der Waals surface area contributed by atoms with Crippen LogP contribution in [0.1, 0.15) is 51.9 Å². The molecule has 1 rings (SSSR count). The van der Waals surface area contributed by atoms with Crippen LogP contribution in [0, 0.1) is 11.8 Å². The molecule has 0 amide bonds. The predicted molar refractivity (Wildman–Crippen MR) is 67.9 cm³/mol. The second-order valence-corrected chi connectivity index (χ2v) is 5.41. The van der Waals surface area contributed by atoms with Gasteiger partial charge in [0, 0.05) is 0 Å². The molecule has 1 aliphatic carbocycles. The molecule has 1 N–H and O–H groups in total. The summed E-state index contributed by atoms with van der Waals surface area (Å²) in [7, 11) is 1.09. The smallest absolute Gasteiger partial charge is 0.317 e. The molecule has 2 unspecified atom stereocenters. The lowest BCUT2D eigenvalue weighted by atomic mass is 9.68. The minimum Gasteiger partial charge on any atom is -0.469 e. The van der Waals surface area contributed by atoms with E-state index in [2.05, 4.69) is 4.74 Å². The Morgan fingerprint density at radius 3 is 2.37 bits per heavy atom. The lowest BCUT2D eigenvalue weighted by Gasteiger charge is -2.42. The van der Waals surface area contributed by atoms with Gasteiger partial charge < -0.3 is 9.84 Å². The topological polar surface area (TPSA) is 46.5 Å². The van der Waals surface area contributed by atoms with E-state index in [1.807, 2.05) is 6.92 Å². The van der Waals surface area contributed by atoms with Gasteiger partial charge in [0.05, 0.1) is 12.7 Å². The summed E-state index contributed by atoms with van der Waals surface area (Å²) in [4.78, 5) is 11.7. The van der Waals surface area contributed by atoms with Gasteiger partial charge in [-0.05, 0) is 25.2 Å². The van der Waals surface area contributed by atoms with E-state index in [1.165, 1.54) is 0 Å². The van der Waals surface area contributed by atoms with Crippen molar-refractivity contribution < 1.29 is 23.4 Å². The zero-order valence-corrected chi connectivity index (χ0v) is 11.7. The van der Waals surface area contributed by atoms with Gasteiger partial charge in [0.15, 0.2) is 0 Å². The standard InChI is InChI=1S/C14H24F2O3/c1-3-9-14(18,10-7-5-4-6-8-10)11(12(15)16)13(17)19-2/h10-12,18H,3-9H2,1-2H3. The molecular formula is C14H24F2O3. The van der Waals surface area contributed by atoms with E-state index in [-0.39, 0.29) is 12.3 Å².